The van der Waals surface area contributed by atoms with Gasteiger partial charge in [0, 0.05) is 0 Å². The van der Waals surface area contributed by atoms with Crippen LogP contribution in [0.5, 0.6) is 5.75 Å². The summed E-state index contributed by atoms with van der Waals surface area (Å²) in [6, 6.07) is 18.1. The van der Waals surface area contributed by atoms with E-state index in [-0.39, 0.29) is 0 Å². The Kier molecular flexibility index (Phi) is 3.87. The molecule has 0 bridgehead atoms. The molecule has 3 heteroatoms. The van der Waals surface area contributed by atoms with E-state index in [0.29, 0.717) is 32.0 Å². The average Bonchev–Trinajstić information content (AvgIpc) is 2.30. The number of hydrogen-bond donors (Lipinski definition) is 1. The Labute approximate surface area is 100 Å². The summed E-state index contributed by atoms with van der Waals surface area (Å²) < 4.78 is 2.79. The van der Waals surface area contributed by atoms with E-state index >= 15 is 0 Å². The molecular formula is C12H10OSe2. The molecule has 15 heavy (non-hydrogen) atoms. The topological polar surface area (TPSA) is 20.2 Å². The molecule has 0 saturated carbocycles. The summed E-state index contributed by atoms with van der Waals surface area (Å²) in [7, 11) is 0. The van der Waals surface area contributed by atoms with Gasteiger partial charge in [-0.15, -0.1) is 0 Å². The number of hydrogen-bond acceptors (Lipinski definition) is 1. The molecule has 0 amide bonds. The summed E-state index contributed by atoms with van der Waals surface area (Å²) in [5.41, 5.74) is 0. The van der Waals surface area contributed by atoms with Gasteiger partial charge in [-0.1, -0.05) is 0 Å². The van der Waals surface area contributed by atoms with Crippen molar-refractivity contribution in [2.75, 3.05) is 0 Å². The van der Waals surface area contributed by atoms with Gasteiger partial charge in [-0.25, -0.2) is 0 Å². The second kappa shape index (κ2) is 5.39. The molecule has 2 aromatic rings. The van der Waals surface area contributed by atoms with Crippen LogP contribution in [0.25, 0.3) is 0 Å². The van der Waals surface area contributed by atoms with Crippen LogP contribution in [0.2, 0.25) is 0 Å². The third-order valence-electron chi connectivity index (χ3n) is 1.81. The van der Waals surface area contributed by atoms with Gasteiger partial charge in [-0.3, -0.25) is 0 Å². The summed E-state index contributed by atoms with van der Waals surface area (Å²) >= 11 is 1.06. The van der Waals surface area contributed by atoms with E-state index in [9.17, 15) is 0 Å². The molecule has 2 rings (SSSR count). The first-order valence-corrected chi connectivity index (χ1v) is 10.6. The van der Waals surface area contributed by atoms with E-state index in [0.717, 1.165) is 0 Å². The number of phenolic OH excluding ortho intramolecular Hbond substituents is 1. The standard InChI is InChI=1S/C12H10OSe2/c13-10-6-8-12(9-7-10)15-14-11-4-2-1-3-5-11/h1-9,13H. The Morgan fingerprint density at radius 3 is 1.80 bits per heavy atom. The van der Waals surface area contributed by atoms with Crippen LogP contribution < -0.4 is 8.92 Å². The minimum absolute atomic E-state index is 0.349. The normalized spacial score (nSPS) is 10.1. The maximum atomic E-state index is 9.15. The first kappa shape index (κ1) is 10.8. The zero-order valence-electron chi connectivity index (χ0n) is 7.96. The van der Waals surface area contributed by atoms with Crippen molar-refractivity contribution in [2.45, 2.75) is 0 Å². The van der Waals surface area contributed by atoms with E-state index in [4.69, 9.17) is 5.11 Å². The van der Waals surface area contributed by atoms with Crippen molar-refractivity contribution in [3.8, 4) is 5.75 Å². The van der Waals surface area contributed by atoms with Crippen molar-refractivity contribution in [1.29, 1.82) is 0 Å². The molecule has 0 aliphatic rings. The van der Waals surface area contributed by atoms with Crippen LogP contribution in [-0.4, -0.2) is 31.4 Å². The quantitative estimate of drug-likeness (QED) is 0.821. The number of benzene rings is 2. The molecule has 2 aromatic carbocycles. The van der Waals surface area contributed by atoms with Crippen LogP contribution in [0.1, 0.15) is 0 Å². The monoisotopic (exact) mass is 330 g/mol. The van der Waals surface area contributed by atoms with Crippen molar-refractivity contribution in [3.05, 3.63) is 54.6 Å². The predicted molar refractivity (Wildman–Crippen MR) is 65.3 cm³/mol. The molecule has 0 heterocycles. The van der Waals surface area contributed by atoms with Crippen LogP contribution in [0, 0.1) is 0 Å². The predicted octanol–water partition coefficient (Wildman–Crippen LogP) is 0.666. The van der Waals surface area contributed by atoms with Gasteiger partial charge in [0.05, 0.1) is 0 Å². The SMILES string of the molecule is Oc1ccc([Se][Se]c2ccccc2)cc1. The van der Waals surface area contributed by atoms with Gasteiger partial charge in [0.2, 0.25) is 0 Å². The molecule has 0 unspecified atom stereocenters. The Balaban J connectivity index is 1.96. The van der Waals surface area contributed by atoms with Crippen LogP contribution >= 0.6 is 0 Å². The van der Waals surface area contributed by atoms with Crippen molar-refractivity contribution < 1.29 is 5.11 Å². The summed E-state index contributed by atoms with van der Waals surface area (Å²) in [5, 5.41) is 9.15. The van der Waals surface area contributed by atoms with Gasteiger partial charge in [0.1, 0.15) is 0 Å². The molecule has 0 fully saturated rings. The molecule has 1 nitrogen and oxygen atoms in total. The zero-order chi connectivity index (χ0) is 10.5. The number of aromatic hydroxyl groups is 1. The molecule has 0 spiro atoms. The van der Waals surface area contributed by atoms with E-state index in [2.05, 4.69) is 24.3 Å². The van der Waals surface area contributed by atoms with E-state index in [1.165, 1.54) is 8.92 Å². The van der Waals surface area contributed by atoms with E-state index < -0.39 is 0 Å². The summed E-state index contributed by atoms with van der Waals surface area (Å²) in [6.45, 7) is 0. The first-order chi connectivity index (χ1) is 7.34. The van der Waals surface area contributed by atoms with Crippen molar-refractivity contribution in [3.63, 3.8) is 0 Å². The van der Waals surface area contributed by atoms with Crippen LogP contribution in [-0.2, 0) is 0 Å². The van der Waals surface area contributed by atoms with E-state index in [1.807, 2.05) is 18.2 Å². The number of rotatable bonds is 3. The average molecular weight is 328 g/mol. The second-order valence-electron chi connectivity index (χ2n) is 2.97. The number of phenols is 1. The molecule has 76 valence electrons. The van der Waals surface area contributed by atoms with Crippen LogP contribution in [0.15, 0.2) is 54.6 Å². The maximum absolute atomic E-state index is 9.15. The van der Waals surface area contributed by atoms with Gasteiger partial charge < -0.3 is 0 Å². The molecule has 0 aliphatic carbocycles. The van der Waals surface area contributed by atoms with E-state index in [1.54, 1.807) is 12.1 Å². The fourth-order valence-electron chi connectivity index (χ4n) is 1.07. The van der Waals surface area contributed by atoms with Gasteiger partial charge in [0.25, 0.3) is 0 Å². The fraction of sp³-hybridized carbons (Fsp3) is 0. The summed E-state index contributed by atoms with van der Waals surface area (Å²) in [6.07, 6.45) is 0. The van der Waals surface area contributed by atoms with Gasteiger partial charge in [0.15, 0.2) is 0 Å². The Morgan fingerprint density at radius 1 is 0.667 bits per heavy atom. The Bertz CT molecular complexity index is 411. The molecule has 0 aliphatic heterocycles. The van der Waals surface area contributed by atoms with Crippen molar-refractivity contribution >= 4 is 35.2 Å². The molecule has 0 radical (unpaired) electrons. The van der Waals surface area contributed by atoms with Gasteiger partial charge >= 0.3 is 101 Å². The van der Waals surface area contributed by atoms with Crippen molar-refractivity contribution in [2.24, 2.45) is 0 Å². The molecule has 0 saturated heterocycles. The second-order valence-corrected chi connectivity index (χ2v) is 9.29. The van der Waals surface area contributed by atoms with Crippen LogP contribution in [0.4, 0.5) is 0 Å². The van der Waals surface area contributed by atoms with Crippen molar-refractivity contribution in [1.82, 2.24) is 0 Å². The fourth-order valence-corrected chi connectivity index (χ4v) is 7.08. The Morgan fingerprint density at radius 2 is 1.20 bits per heavy atom. The summed E-state index contributed by atoms with van der Waals surface area (Å²) in [4.78, 5) is 0. The Hall–Kier alpha value is -0.721. The molecule has 0 aromatic heterocycles. The minimum atomic E-state index is 0.349. The summed E-state index contributed by atoms with van der Waals surface area (Å²) in [5.74, 6) is 0.349. The third kappa shape index (κ3) is 3.40. The zero-order valence-corrected chi connectivity index (χ0v) is 11.4. The molecule has 1 N–H and O–H groups in total. The third-order valence-corrected chi connectivity index (χ3v) is 9.04. The van der Waals surface area contributed by atoms with Gasteiger partial charge in [-0.2, -0.15) is 0 Å². The molecular weight excluding hydrogens is 318 g/mol. The van der Waals surface area contributed by atoms with Gasteiger partial charge in [-0.05, 0) is 0 Å². The van der Waals surface area contributed by atoms with Crippen LogP contribution in [0.3, 0.4) is 0 Å². The first-order valence-electron chi connectivity index (χ1n) is 4.53. The molecule has 0 atom stereocenters.